The molecule has 2 saturated heterocycles. The van der Waals surface area contributed by atoms with Crippen LogP contribution >= 0.6 is 0 Å². The van der Waals surface area contributed by atoms with Crippen molar-refractivity contribution in [2.24, 2.45) is 11.7 Å². The minimum absolute atomic E-state index is 0.271. The molecule has 0 bridgehead atoms. The van der Waals surface area contributed by atoms with Gasteiger partial charge in [0.15, 0.2) is 0 Å². The fourth-order valence-electron chi connectivity index (χ4n) is 3.71. The number of morpholine rings is 1. The van der Waals surface area contributed by atoms with Crippen molar-refractivity contribution in [3.05, 3.63) is 0 Å². The van der Waals surface area contributed by atoms with Gasteiger partial charge in [0.25, 0.3) is 0 Å². The minimum Gasteiger partial charge on any atom is -0.381 e. The van der Waals surface area contributed by atoms with E-state index in [0.29, 0.717) is 18.1 Å². The van der Waals surface area contributed by atoms with Crippen molar-refractivity contribution in [3.63, 3.8) is 0 Å². The molecule has 1 aliphatic carbocycles. The lowest BCUT2D eigenvalue weighted by molar-refractivity contribution is -0.0905. The van der Waals surface area contributed by atoms with Crippen LogP contribution in [0.25, 0.3) is 0 Å². The molecule has 4 nitrogen and oxygen atoms in total. The van der Waals surface area contributed by atoms with Crippen LogP contribution < -0.4 is 5.73 Å². The number of fused-ring (bicyclic) bond motifs is 1. The summed E-state index contributed by atoms with van der Waals surface area (Å²) >= 11 is 0. The largest absolute Gasteiger partial charge is 0.381 e. The fourth-order valence-corrected chi connectivity index (χ4v) is 3.71. The highest BCUT2D eigenvalue weighted by atomic mass is 16.5. The number of hydrogen-bond donors (Lipinski definition) is 1. The van der Waals surface area contributed by atoms with Crippen LogP contribution in [-0.2, 0) is 9.47 Å². The van der Waals surface area contributed by atoms with E-state index in [1.165, 1.54) is 25.7 Å². The van der Waals surface area contributed by atoms with Gasteiger partial charge in [0.1, 0.15) is 0 Å². The number of rotatable bonds is 3. The molecule has 0 aromatic heterocycles. The van der Waals surface area contributed by atoms with Crippen LogP contribution in [0.4, 0.5) is 0 Å². The average molecular weight is 254 g/mol. The van der Waals surface area contributed by atoms with E-state index in [4.69, 9.17) is 15.2 Å². The van der Waals surface area contributed by atoms with Crippen molar-refractivity contribution in [1.82, 2.24) is 4.90 Å². The van der Waals surface area contributed by atoms with Crippen LogP contribution in [-0.4, -0.2) is 56.0 Å². The van der Waals surface area contributed by atoms with Crippen LogP contribution in [0, 0.1) is 5.92 Å². The van der Waals surface area contributed by atoms with E-state index in [0.717, 1.165) is 39.3 Å². The molecule has 4 heteroatoms. The Morgan fingerprint density at radius 3 is 2.89 bits per heavy atom. The van der Waals surface area contributed by atoms with E-state index in [9.17, 15) is 0 Å². The number of nitrogens with two attached hydrogens (primary N) is 1. The van der Waals surface area contributed by atoms with E-state index >= 15 is 0 Å². The zero-order valence-electron chi connectivity index (χ0n) is 11.2. The first-order valence-electron chi connectivity index (χ1n) is 7.53. The first-order chi connectivity index (χ1) is 8.84. The standard InChI is InChI=1S/C14H26N2O2/c15-12(11-5-7-17-10-11)9-16-6-8-18-14-4-2-1-3-13(14)16/h11-14H,1-10,15H2. The van der Waals surface area contributed by atoms with Gasteiger partial charge in [-0.2, -0.15) is 0 Å². The highest BCUT2D eigenvalue weighted by molar-refractivity contribution is 4.90. The summed E-state index contributed by atoms with van der Waals surface area (Å²) in [5, 5.41) is 0. The molecular formula is C14H26N2O2. The van der Waals surface area contributed by atoms with E-state index in [2.05, 4.69) is 4.90 Å². The van der Waals surface area contributed by atoms with Crippen molar-refractivity contribution < 1.29 is 9.47 Å². The van der Waals surface area contributed by atoms with Gasteiger partial charge in [-0.25, -0.2) is 0 Å². The second-order valence-corrected chi connectivity index (χ2v) is 6.04. The topological polar surface area (TPSA) is 47.7 Å². The van der Waals surface area contributed by atoms with E-state index in [1.807, 2.05) is 0 Å². The normalized spacial score (nSPS) is 39.5. The Morgan fingerprint density at radius 2 is 2.06 bits per heavy atom. The maximum atomic E-state index is 6.37. The van der Waals surface area contributed by atoms with Gasteiger partial charge in [-0.3, -0.25) is 4.90 Å². The van der Waals surface area contributed by atoms with Crippen molar-refractivity contribution in [3.8, 4) is 0 Å². The monoisotopic (exact) mass is 254 g/mol. The van der Waals surface area contributed by atoms with Gasteiger partial charge >= 0.3 is 0 Å². The summed E-state index contributed by atoms with van der Waals surface area (Å²) in [6.07, 6.45) is 6.82. The van der Waals surface area contributed by atoms with E-state index in [-0.39, 0.29) is 6.04 Å². The highest BCUT2D eigenvalue weighted by Crippen LogP contribution is 2.29. The lowest BCUT2D eigenvalue weighted by Gasteiger charge is -2.45. The van der Waals surface area contributed by atoms with Crippen LogP contribution in [0.1, 0.15) is 32.1 Å². The molecule has 4 unspecified atom stereocenters. The van der Waals surface area contributed by atoms with Crippen LogP contribution in [0.2, 0.25) is 0 Å². The Kier molecular flexibility index (Phi) is 4.19. The molecule has 0 aromatic carbocycles. The predicted octanol–water partition coefficient (Wildman–Crippen LogP) is 0.994. The smallest absolute Gasteiger partial charge is 0.0730 e. The van der Waals surface area contributed by atoms with Gasteiger partial charge in [0, 0.05) is 37.7 Å². The first kappa shape index (κ1) is 12.9. The quantitative estimate of drug-likeness (QED) is 0.816. The molecule has 3 rings (SSSR count). The summed E-state index contributed by atoms with van der Waals surface area (Å²) < 4.78 is 11.4. The third-order valence-corrected chi connectivity index (χ3v) is 4.86. The summed E-state index contributed by atoms with van der Waals surface area (Å²) in [5.41, 5.74) is 6.37. The van der Waals surface area contributed by atoms with Crippen LogP contribution in [0.5, 0.6) is 0 Å². The predicted molar refractivity (Wildman–Crippen MR) is 70.5 cm³/mol. The zero-order valence-corrected chi connectivity index (χ0v) is 11.2. The Bertz CT molecular complexity index is 267. The third-order valence-electron chi connectivity index (χ3n) is 4.86. The molecule has 3 fully saturated rings. The molecule has 4 atom stereocenters. The van der Waals surface area contributed by atoms with Gasteiger partial charge in [-0.1, -0.05) is 12.8 Å². The van der Waals surface area contributed by atoms with Gasteiger partial charge < -0.3 is 15.2 Å². The Balaban J connectivity index is 1.56. The van der Waals surface area contributed by atoms with Crippen LogP contribution in [0.15, 0.2) is 0 Å². The second-order valence-electron chi connectivity index (χ2n) is 6.04. The molecule has 2 N–H and O–H groups in total. The maximum Gasteiger partial charge on any atom is 0.0730 e. The molecule has 0 radical (unpaired) electrons. The molecule has 2 heterocycles. The number of ether oxygens (including phenoxy) is 2. The average Bonchev–Trinajstić information content (AvgIpc) is 2.93. The van der Waals surface area contributed by atoms with Gasteiger partial charge in [-0.15, -0.1) is 0 Å². The molecule has 0 aromatic rings. The summed E-state index contributed by atoms with van der Waals surface area (Å²) in [6, 6.07) is 0.897. The van der Waals surface area contributed by atoms with Gasteiger partial charge in [-0.05, 0) is 19.3 Å². The Labute approximate surface area is 110 Å². The first-order valence-corrected chi connectivity index (χ1v) is 7.53. The summed E-state index contributed by atoms with van der Waals surface area (Å²) in [5.74, 6) is 0.565. The van der Waals surface area contributed by atoms with Crippen LogP contribution in [0.3, 0.4) is 0 Å². The van der Waals surface area contributed by atoms with Crippen molar-refractivity contribution >= 4 is 0 Å². The molecule has 1 saturated carbocycles. The van der Waals surface area contributed by atoms with Crippen molar-refractivity contribution in [1.29, 1.82) is 0 Å². The molecule has 0 spiro atoms. The van der Waals surface area contributed by atoms with Gasteiger partial charge in [0.05, 0.1) is 19.3 Å². The minimum atomic E-state index is 0.271. The lowest BCUT2D eigenvalue weighted by Crippen LogP contribution is -2.56. The molecular weight excluding hydrogens is 228 g/mol. The van der Waals surface area contributed by atoms with E-state index < -0.39 is 0 Å². The lowest BCUT2D eigenvalue weighted by atomic mass is 9.89. The fraction of sp³-hybridized carbons (Fsp3) is 1.00. The summed E-state index contributed by atoms with van der Waals surface area (Å²) in [6.45, 7) is 4.73. The third kappa shape index (κ3) is 2.72. The molecule has 18 heavy (non-hydrogen) atoms. The highest BCUT2D eigenvalue weighted by Gasteiger charge is 2.35. The molecule has 2 aliphatic heterocycles. The Morgan fingerprint density at radius 1 is 1.17 bits per heavy atom. The molecule has 3 aliphatic rings. The molecule has 104 valence electrons. The van der Waals surface area contributed by atoms with Crippen molar-refractivity contribution in [2.75, 3.05) is 32.9 Å². The second kappa shape index (κ2) is 5.87. The summed E-state index contributed by atoms with van der Waals surface area (Å²) in [4.78, 5) is 2.59. The zero-order chi connectivity index (χ0) is 12.4. The Hall–Kier alpha value is -0.160. The van der Waals surface area contributed by atoms with Crippen molar-refractivity contribution in [2.45, 2.75) is 50.3 Å². The molecule has 0 amide bonds. The van der Waals surface area contributed by atoms with E-state index in [1.54, 1.807) is 0 Å². The van der Waals surface area contributed by atoms with Gasteiger partial charge in [0.2, 0.25) is 0 Å². The summed E-state index contributed by atoms with van der Waals surface area (Å²) in [7, 11) is 0. The number of hydrogen-bond acceptors (Lipinski definition) is 4. The number of nitrogens with zero attached hydrogens (tertiary/aromatic N) is 1. The maximum absolute atomic E-state index is 6.37. The SMILES string of the molecule is NC(CN1CCOC2CCCCC21)C1CCOC1.